The molecule has 9 heavy (non-hydrogen) atoms. The van der Waals surface area contributed by atoms with Crippen molar-refractivity contribution in [3.63, 3.8) is 0 Å². The highest BCUT2D eigenvalue weighted by Crippen LogP contribution is 2.07. The molecule has 47 valence electrons. The molecule has 0 saturated carbocycles. The maximum Gasteiger partial charge on any atom is 0.204 e. The minimum Gasteiger partial charge on any atom is -0.290 e. The summed E-state index contributed by atoms with van der Waals surface area (Å²) >= 11 is 0. The second-order valence-electron chi connectivity index (χ2n) is 1.91. The van der Waals surface area contributed by atoms with Crippen molar-refractivity contribution in [3.05, 3.63) is 11.8 Å². The minimum atomic E-state index is 0.344. The van der Waals surface area contributed by atoms with E-state index in [1.807, 2.05) is 12.3 Å². The summed E-state index contributed by atoms with van der Waals surface area (Å²) in [6, 6.07) is 0. The predicted molar refractivity (Wildman–Crippen MR) is 36.1 cm³/mol. The van der Waals surface area contributed by atoms with Gasteiger partial charge in [0.15, 0.2) is 0 Å². The summed E-state index contributed by atoms with van der Waals surface area (Å²) in [5, 5.41) is 0. The highest BCUT2D eigenvalue weighted by Gasteiger charge is 1.95. The van der Waals surface area contributed by atoms with Crippen LogP contribution in [-0.4, -0.2) is 12.5 Å². The van der Waals surface area contributed by atoms with Gasteiger partial charge in [-0.1, -0.05) is 6.08 Å². The van der Waals surface area contributed by atoms with Crippen molar-refractivity contribution in [2.75, 3.05) is 0 Å². The van der Waals surface area contributed by atoms with Crippen molar-refractivity contribution < 1.29 is 4.79 Å². The third-order valence-electron chi connectivity index (χ3n) is 1.19. The lowest BCUT2D eigenvalue weighted by Gasteiger charge is -1.99. The smallest absolute Gasteiger partial charge is 0.204 e. The van der Waals surface area contributed by atoms with Crippen LogP contribution in [0, 0.1) is 0 Å². The number of allylic oxidation sites excluding steroid dienone is 2. The van der Waals surface area contributed by atoms with Crippen LogP contribution in [0.3, 0.4) is 0 Å². The molecule has 0 aromatic carbocycles. The van der Waals surface area contributed by atoms with Crippen LogP contribution in [0.1, 0.15) is 19.3 Å². The third-order valence-corrected chi connectivity index (χ3v) is 1.19. The second-order valence-corrected chi connectivity index (χ2v) is 1.91. The lowest BCUT2D eigenvalue weighted by atomic mass is 10.2. The summed E-state index contributed by atoms with van der Waals surface area (Å²) in [4.78, 5) is 13.8. The molecule has 1 heterocycles. The molecular weight excluding hydrogens is 114 g/mol. The van der Waals surface area contributed by atoms with Gasteiger partial charge in [-0.2, -0.15) is 0 Å². The van der Waals surface area contributed by atoms with Gasteiger partial charge in [-0.3, -0.25) is 9.79 Å². The molecule has 0 aromatic heterocycles. The fourth-order valence-electron chi connectivity index (χ4n) is 0.751. The van der Waals surface area contributed by atoms with E-state index in [1.54, 1.807) is 6.29 Å². The van der Waals surface area contributed by atoms with Crippen LogP contribution in [0.2, 0.25) is 0 Å². The largest absolute Gasteiger partial charge is 0.290 e. The van der Waals surface area contributed by atoms with E-state index in [-0.39, 0.29) is 0 Å². The average molecular weight is 122 g/mol. The monoisotopic (exact) mass is 122 g/mol. The number of hydrogen-bond acceptors (Lipinski definition) is 2. The molecule has 0 bridgehead atoms. The SMILES string of the molecule is O=[C]CC1=CCCC=N1. The summed E-state index contributed by atoms with van der Waals surface area (Å²) in [6.45, 7) is 0. The van der Waals surface area contributed by atoms with Gasteiger partial charge in [0.2, 0.25) is 6.29 Å². The Hall–Kier alpha value is -0.920. The Bertz CT molecular complexity index is 158. The molecule has 0 saturated heterocycles. The first-order valence-corrected chi connectivity index (χ1v) is 3.00. The van der Waals surface area contributed by atoms with Crippen LogP contribution in [0.5, 0.6) is 0 Å². The average Bonchev–Trinajstić information content (AvgIpc) is 1.91. The molecule has 1 rings (SSSR count). The molecule has 1 aliphatic rings. The maximum atomic E-state index is 9.83. The first kappa shape index (κ1) is 6.20. The number of carbonyl (C=O) groups excluding carboxylic acids is 1. The molecule has 1 radical (unpaired) electrons. The van der Waals surface area contributed by atoms with Gasteiger partial charge in [0.25, 0.3) is 0 Å². The van der Waals surface area contributed by atoms with Gasteiger partial charge in [0.1, 0.15) is 0 Å². The van der Waals surface area contributed by atoms with E-state index in [1.165, 1.54) is 0 Å². The van der Waals surface area contributed by atoms with E-state index in [0.717, 1.165) is 18.5 Å². The number of rotatable bonds is 2. The van der Waals surface area contributed by atoms with Crippen molar-refractivity contribution in [1.29, 1.82) is 0 Å². The zero-order valence-electron chi connectivity index (χ0n) is 5.13. The van der Waals surface area contributed by atoms with Gasteiger partial charge in [-0.05, 0) is 12.8 Å². The van der Waals surface area contributed by atoms with Crippen LogP contribution in [0.15, 0.2) is 16.8 Å². The number of aliphatic imine (C=N–C) groups is 1. The first-order valence-electron chi connectivity index (χ1n) is 3.00. The zero-order chi connectivity index (χ0) is 6.53. The van der Waals surface area contributed by atoms with E-state index in [4.69, 9.17) is 0 Å². The third kappa shape index (κ3) is 1.80. The van der Waals surface area contributed by atoms with Crippen LogP contribution in [0.25, 0.3) is 0 Å². The molecule has 1 aliphatic heterocycles. The molecule has 0 N–H and O–H groups in total. The van der Waals surface area contributed by atoms with E-state index < -0.39 is 0 Å². The van der Waals surface area contributed by atoms with Crippen molar-refractivity contribution >= 4 is 12.5 Å². The highest BCUT2D eigenvalue weighted by atomic mass is 16.1. The van der Waals surface area contributed by atoms with Gasteiger partial charge in [0, 0.05) is 11.9 Å². The summed E-state index contributed by atoms with van der Waals surface area (Å²) < 4.78 is 0. The van der Waals surface area contributed by atoms with Crippen molar-refractivity contribution in [3.8, 4) is 0 Å². The molecule has 0 amide bonds. The minimum absolute atomic E-state index is 0.344. The van der Waals surface area contributed by atoms with Crippen molar-refractivity contribution in [2.45, 2.75) is 19.3 Å². The molecule has 0 atom stereocenters. The van der Waals surface area contributed by atoms with E-state index in [0.29, 0.717) is 6.42 Å². The predicted octanol–water partition coefficient (Wildman–Crippen LogP) is 1.23. The first-order chi connectivity index (χ1) is 4.43. The van der Waals surface area contributed by atoms with E-state index in [9.17, 15) is 4.79 Å². The van der Waals surface area contributed by atoms with Crippen molar-refractivity contribution in [2.24, 2.45) is 4.99 Å². The molecular formula is C7H8NO. The summed E-state index contributed by atoms with van der Waals surface area (Å²) in [6.07, 6.45) is 7.98. The Balaban J connectivity index is 2.47. The molecule has 0 unspecified atom stereocenters. The molecule has 2 heteroatoms. The lowest BCUT2D eigenvalue weighted by Crippen LogP contribution is -1.88. The quantitative estimate of drug-likeness (QED) is 0.541. The van der Waals surface area contributed by atoms with Crippen LogP contribution in [-0.2, 0) is 4.79 Å². The van der Waals surface area contributed by atoms with Crippen LogP contribution >= 0.6 is 0 Å². The molecule has 0 fully saturated rings. The summed E-state index contributed by atoms with van der Waals surface area (Å²) in [5.41, 5.74) is 0.858. The Labute approximate surface area is 54.3 Å². The van der Waals surface area contributed by atoms with E-state index in [2.05, 4.69) is 4.99 Å². The summed E-state index contributed by atoms with van der Waals surface area (Å²) in [5.74, 6) is 0. The fraction of sp³-hybridized carbons (Fsp3) is 0.429. The van der Waals surface area contributed by atoms with Crippen molar-refractivity contribution in [1.82, 2.24) is 0 Å². The van der Waals surface area contributed by atoms with Gasteiger partial charge >= 0.3 is 0 Å². The lowest BCUT2D eigenvalue weighted by molar-refractivity contribution is 0.554. The standard InChI is InChI=1S/C7H8NO/c9-6-4-7-3-1-2-5-8-7/h3,5H,1-2,4H2. The maximum absolute atomic E-state index is 9.83. The molecule has 0 spiro atoms. The Morgan fingerprint density at radius 3 is 3.11 bits per heavy atom. The summed E-state index contributed by atoms with van der Waals surface area (Å²) in [7, 11) is 0. The van der Waals surface area contributed by atoms with Gasteiger partial charge < -0.3 is 0 Å². The van der Waals surface area contributed by atoms with Gasteiger partial charge in [-0.25, -0.2) is 0 Å². The van der Waals surface area contributed by atoms with Gasteiger partial charge in [-0.15, -0.1) is 0 Å². The molecule has 2 nitrogen and oxygen atoms in total. The number of hydrogen-bond donors (Lipinski definition) is 0. The Morgan fingerprint density at radius 1 is 1.67 bits per heavy atom. The normalized spacial score (nSPS) is 17.1. The van der Waals surface area contributed by atoms with Crippen LogP contribution < -0.4 is 0 Å². The van der Waals surface area contributed by atoms with Crippen LogP contribution in [0.4, 0.5) is 0 Å². The fourth-order valence-corrected chi connectivity index (χ4v) is 0.751. The van der Waals surface area contributed by atoms with Gasteiger partial charge in [0.05, 0.1) is 6.42 Å². The highest BCUT2D eigenvalue weighted by molar-refractivity contribution is 5.63. The zero-order valence-corrected chi connectivity index (χ0v) is 5.13. The second kappa shape index (κ2) is 3.17. The Kier molecular flexibility index (Phi) is 2.19. The number of nitrogens with zero attached hydrogens (tertiary/aromatic N) is 1. The molecule has 0 aromatic rings. The topological polar surface area (TPSA) is 29.4 Å². The van der Waals surface area contributed by atoms with E-state index >= 15 is 0 Å². The molecule has 0 aliphatic carbocycles. The Morgan fingerprint density at radius 2 is 2.56 bits per heavy atom.